The molecule has 0 bridgehead atoms. The third-order valence-corrected chi connectivity index (χ3v) is 5.90. The van der Waals surface area contributed by atoms with Gasteiger partial charge in [-0.3, -0.25) is 0 Å². The Labute approximate surface area is 158 Å². The molecule has 0 spiro atoms. The fourth-order valence-corrected chi connectivity index (χ4v) is 4.23. The molecule has 1 aromatic heterocycles. The first-order valence-corrected chi connectivity index (χ1v) is 9.74. The van der Waals surface area contributed by atoms with Crippen molar-refractivity contribution in [3.05, 3.63) is 64.3 Å². The summed E-state index contributed by atoms with van der Waals surface area (Å²) in [7, 11) is -3.79. The van der Waals surface area contributed by atoms with Gasteiger partial charge in [0.15, 0.2) is 0 Å². The van der Waals surface area contributed by atoms with Gasteiger partial charge in [0.25, 0.3) is 10.0 Å². The minimum absolute atomic E-state index is 0.182. The van der Waals surface area contributed by atoms with Crippen molar-refractivity contribution in [3.63, 3.8) is 0 Å². The van der Waals surface area contributed by atoms with E-state index in [9.17, 15) is 13.2 Å². The lowest BCUT2D eigenvalue weighted by atomic mass is 10.2. The van der Waals surface area contributed by atoms with Crippen LogP contribution in [0.15, 0.2) is 63.1 Å². The van der Waals surface area contributed by atoms with E-state index in [0.717, 1.165) is 10.0 Å². The third kappa shape index (κ3) is 3.49. The van der Waals surface area contributed by atoms with Crippen molar-refractivity contribution in [1.29, 1.82) is 0 Å². The number of urea groups is 1. The quantitative estimate of drug-likeness (QED) is 0.486. The first-order chi connectivity index (χ1) is 12.3. The molecule has 0 saturated heterocycles. The number of nitrogens with two attached hydrogens (primary N) is 1. The number of benzene rings is 2. The molecule has 7 nitrogen and oxygen atoms in total. The fraction of sp³-hybridized carbons (Fsp3) is 0.0588. The lowest BCUT2D eigenvalue weighted by Gasteiger charge is -2.08. The summed E-state index contributed by atoms with van der Waals surface area (Å²) >= 11 is 3.38. The van der Waals surface area contributed by atoms with Crippen molar-refractivity contribution in [2.45, 2.75) is 11.8 Å². The largest absolute Gasteiger partial charge is 0.350 e. The Kier molecular flexibility index (Phi) is 4.84. The smallest absolute Gasteiger partial charge is 0.332 e. The predicted molar refractivity (Wildman–Crippen MR) is 104 cm³/mol. The van der Waals surface area contributed by atoms with Gasteiger partial charge >= 0.3 is 6.03 Å². The number of nitrogens with one attached hydrogen (secondary N) is 1. The molecule has 1 heterocycles. The molecule has 2 amide bonds. The number of aromatic nitrogens is 1. The number of hydrogen-bond donors (Lipinski definition) is 2. The monoisotopic (exact) mass is 434 g/mol. The van der Waals surface area contributed by atoms with Gasteiger partial charge < -0.3 is 5.73 Å². The Morgan fingerprint density at radius 1 is 1.23 bits per heavy atom. The summed E-state index contributed by atoms with van der Waals surface area (Å²) in [6, 6.07) is 11.1. The molecule has 0 saturated carbocycles. The van der Waals surface area contributed by atoms with Gasteiger partial charge in [-0.25, -0.2) is 22.6 Å². The van der Waals surface area contributed by atoms with Gasteiger partial charge in [0.05, 0.1) is 16.6 Å². The van der Waals surface area contributed by atoms with Crippen molar-refractivity contribution in [1.82, 2.24) is 9.40 Å². The van der Waals surface area contributed by atoms with Crippen molar-refractivity contribution in [2.75, 3.05) is 0 Å². The second-order valence-electron chi connectivity index (χ2n) is 5.59. The Morgan fingerprint density at radius 3 is 2.58 bits per heavy atom. The first kappa shape index (κ1) is 18.2. The molecule has 0 aliphatic heterocycles. The zero-order valence-corrected chi connectivity index (χ0v) is 16.1. The molecular weight excluding hydrogens is 420 g/mol. The van der Waals surface area contributed by atoms with Crippen LogP contribution in [0.4, 0.5) is 4.79 Å². The van der Waals surface area contributed by atoms with Crippen molar-refractivity contribution >= 4 is 49.1 Å². The second kappa shape index (κ2) is 6.93. The Balaban J connectivity index is 2.18. The van der Waals surface area contributed by atoms with Gasteiger partial charge in [0, 0.05) is 21.6 Å². The molecule has 0 aliphatic rings. The van der Waals surface area contributed by atoms with E-state index in [1.54, 1.807) is 42.5 Å². The lowest BCUT2D eigenvalue weighted by molar-refractivity contribution is 0.249. The van der Waals surface area contributed by atoms with Crippen LogP contribution in [0.25, 0.3) is 10.9 Å². The molecule has 0 radical (unpaired) electrons. The maximum atomic E-state index is 13.1. The Bertz CT molecular complexity index is 1120. The summed E-state index contributed by atoms with van der Waals surface area (Å²) in [5.41, 5.74) is 9.06. The minimum Gasteiger partial charge on any atom is -0.350 e. The number of hydrazone groups is 1. The highest BCUT2D eigenvalue weighted by Crippen LogP contribution is 2.28. The number of primary amides is 1. The van der Waals surface area contributed by atoms with Crippen LogP contribution in [0.2, 0.25) is 0 Å². The molecule has 26 heavy (non-hydrogen) atoms. The van der Waals surface area contributed by atoms with Gasteiger partial charge in [-0.1, -0.05) is 33.6 Å². The average Bonchev–Trinajstić information content (AvgIpc) is 2.94. The maximum Gasteiger partial charge on any atom is 0.332 e. The highest BCUT2D eigenvalue weighted by atomic mass is 79.9. The van der Waals surface area contributed by atoms with Gasteiger partial charge in [0.2, 0.25) is 0 Å². The number of nitrogens with zero attached hydrogens (tertiary/aromatic N) is 2. The number of carbonyl (C=O) groups excluding carboxylic acids is 1. The second-order valence-corrected chi connectivity index (χ2v) is 8.32. The molecule has 0 fully saturated rings. The minimum atomic E-state index is -3.79. The van der Waals surface area contributed by atoms with Crippen LogP contribution in [0, 0.1) is 6.92 Å². The van der Waals surface area contributed by atoms with Crippen molar-refractivity contribution in [3.8, 4) is 0 Å². The molecule has 0 aliphatic carbocycles. The van der Waals surface area contributed by atoms with E-state index in [0.29, 0.717) is 16.5 Å². The van der Waals surface area contributed by atoms with E-state index in [1.807, 2.05) is 6.92 Å². The van der Waals surface area contributed by atoms with E-state index < -0.39 is 16.1 Å². The van der Waals surface area contributed by atoms with Crippen LogP contribution in [0.1, 0.15) is 11.1 Å². The molecule has 3 N–H and O–H groups in total. The number of amides is 2. The summed E-state index contributed by atoms with van der Waals surface area (Å²) < 4.78 is 28.1. The van der Waals surface area contributed by atoms with Crippen LogP contribution < -0.4 is 11.2 Å². The molecular formula is C17H15BrN4O3S. The third-order valence-electron chi connectivity index (χ3n) is 3.72. The Morgan fingerprint density at radius 2 is 1.92 bits per heavy atom. The molecule has 2 aromatic carbocycles. The van der Waals surface area contributed by atoms with E-state index >= 15 is 0 Å². The average molecular weight is 435 g/mol. The number of aryl methyl sites for hydroxylation is 1. The number of fused-ring (bicyclic) bond motifs is 1. The number of hydrogen-bond acceptors (Lipinski definition) is 4. The first-order valence-electron chi connectivity index (χ1n) is 7.50. The zero-order chi connectivity index (χ0) is 18.9. The predicted octanol–water partition coefficient (Wildman–Crippen LogP) is 2.95. The fourth-order valence-electron chi connectivity index (χ4n) is 2.49. The molecule has 134 valence electrons. The molecule has 0 atom stereocenters. The van der Waals surface area contributed by atoms with Gasteiger partial charge in [-0.2, -0.15) is 5.10 Å². The molecule has 0 unspecified atom stereocenters. The van der Waals surface area contributed by atoms with E-state index in [4.69, 9.17) is 5.73 Å². The summed E-state index contributed by atoms with van der Waals surface area (Å²) in [6.45, 7) is 1.89. The van der Waals surface area contributed by atoms with Crippen LogP contribution in [0.5, 0.6) is 0 Å². The summed E-state index contributed by atoms with van der Waals surface area (Å²) in [5.74, 6) is 0. The Hall–Kier alpha value is -2.65. The highest BCUT2D eigenvalue weighted by molar-refractivity contribution is 9.10. The lowest BCUT2D eigenvalue weighted by Crippen LogP contribution is -2.24. The van der Waals surface area contributed by atoms with E-state index in [-0.39, 0.29) is 4.90 Å². The zero-order valence-electron chi connectivity index (χ0n) is 13.7. The van der Waals surface area contributed by atoms with Gasteiger partial charge in [-0.15, -0.1) is 0 Å². The molecule has 9 heteroatoms. The van der Waals surface area contributed by atoms with Crippen LogP contribution in [0.3, 0.4) is 0 Å². The summed E-state index contributed by atoms with van der Waals surface area (Å²) in [5, 5.41) is 4.39. The van der Waals surface area contributed by atoms with Crippen LogP contribution >= 0.6 is 15.9 Å². The van der Waals surface area contributed by atoms with Crippen molar-refractivity contribution < 1.29 is 13.2 Å². The number of rotatable bonds is 4. The topological polar surface area (TPSA) is 107 Å². The highest BCUT2D eigenvalue weighted by Gasteiger charge is 2.21. The van der Waals surface area contributed by atoms with Crippen LogP contribution in [-0.2, 0) is 10.0 Å². The molecule has 3 aromatic rings. The van der Waals surface area contributed by atoms with E-state index in [2.05, 4.69) is 26.5 Å². The van der Waals surface area contributed by atoms with Gasteiger partial charge in [-0.05, 0) is 37.3 Å². The summed E-state index contributed by atoms with van der Waals surface area (Å²) in [6.07, 6.45) is 2.80. The standard InChI is InChI=1S/C17H15BrN4O3S/c1-11-2-5-14(6-3-11)26(24,25)22-10-12(9-20-21-17(19)23)15-8-13(18)4-7-16(15)22/h2-10H,1H3,(H3,19,21,23)/b20-9-. The molecule has 3 rings (SSSR count). The number of carbonyl (C=O) groups is 1. The van der Waals surface area contributed by atoms with E-state index in [1.165, 1.54) is 16.4 Å². The number of halogens is 1. The van der Waals surface area contributed by atoms with Crippen molar-refractivity contribution in [2.24, 2.45) is 10.8 Å². The van der Waals surface area contributed by atoms with Gasteiger partial charge in [0.1, 0.15) is 0 Å². The summed E-state index contributed by atoms with van der Waals surface area (Å²) in [4.78, 5) is 11.0. The normalized spacial score (nSPS) is 11.9. The SMILES string of the molecule is Cc1ccc(S(=O)(=O)n2cc(/C=N\NC(N)=O)c3cc(Br)ccc32)cc1. The maximum absolute atomic E-state index is 13.1. The van der Waals surface area contributed by atoms with Crippen LogP contribution in [-0.4, -0.2) is 24.6 Å².